The van der Waals surface area contributed by atoms with Crippen LogP contribution in [0.2, 0.25) is 0 Å². The molecule has 2 bridgehead atoms. The summed E-state index contributed by atoms with van der Waals surface area (Å²) in [6.07, 6.45) is 4.36. The number of hydrogen-bond acceptors (Lipinski definition) is 4. The number of thiocarbonyl (C=S) groups is 1. The second kappa shape index (κ2) is 7.17. The minimum Gasteiger partial charge on any atom is -0.348 e. The lowest BCUT2D eigenvalue weighted by molar-refractivity contribution is -0.115. The molecule has 1 saturated heterocycles. The van der Waals surface area contributed by atoms with E-state index in [1.807, 2.05) is 34.2 Å². The molecule has 2 aliphatic rings. The number of hydrogen-bond donors (Lipinski definition) is 1. The number of carbonyl (C=O) groups excluding carboxylic acids is 1. The number of aromatic nitrogens is 1. The third kappa shape index (κ3) is 3.50. The molecule has 134 valence electrons. The molecular weight excluding hydrogens is 366 g/mol. The maximum atomic E-state index is 12.1. The first kappa shape index (κ1) is 17.2. The van der Waals surface area contributed by atoms with Crippen LogP contribution in [0.4, 0.5) is 0 Å². The van der Waals surface area contributed by atoms with Crippen molar-refractivity contribution in [2.75, 3.05) is 13.1 Å². The Hall–Kier alpha value is -2.25. The summed E-state index contributed by atoms with van der Waals surface area (Å²) in [5, 5.41) is 5.24. The number of fused-ring (bicyclic) bond motifs is 4. The van der Waals surface area contributed by atoms with Crippen LogP contribution in [0.15, 0.2) is 46.6 Å². The Kier molecular flexibility index (Phi) is 4.74. The number of piperidine rings is 1. The Bertz CT molecular complexity index is 917. The summed E-state index contributed by atoms with van der Waals surface area (Å²) >= 11 is 7.04. The van der Waals surface area contributed by atoms with E-state index in [1.54, 1.807) is 23.5 Å². The van der Waals surface area contributed by atoms with Gasteiger partial charge in [-0.1, -0.05) is 12.1 Å². The Morgan fingerprint density at radius 1 is 1.23 bits per heavy atom. The molecule has 0 radical (unpaired) electrons. The number of likely N-dealkylation sites (tertiary alicyclic amines) is 1. The number of rotatable bonds is 2. The minimum absolute atomic E-state index is 0.0697. The third-order valence-electron chi connectivity index (χ3n) is 4.94. The van der Waals surface area contributed by atoms with Gasteiger partial charge in [0, 0.05) is 48.3 Å². The molecule has 1 N–H and O–H groups in total. The average molecular weight is 386 g/mol. The molecule has 4 heterocycles. The molecule has 2 aromatic rings. The highest BCUT2D eigenvalue weighted by atomic mass is 32.1. The van der Waals surface area contributed by atoms with Crippen molar-refractivity contribution in [3.63, 3.8) is 0 Å². The molecule has 1 amide bonds. The van der Waals surface area contributed by atoms with Crippen LogP contribution in [0.5, 0.6) is 0 Å². The molecule has 2 aliphatic heterocycles. The van der Waals surface area contributed by atoms with E-state index in [0.717, 1.165) is 36.6 Å². The van der Waals surface area contributed by atoms with Crippen molar-refractivity contribution in [3.8, 4) is 0 Å². The molecule has 2 aromatic heterocycles. The highest BCUT2D eigenvalue weighted by Crippen LogP contribution is 2.34. The Labute approximate surface area is 160 Å². The second-order valence-corrected chi connectivity index (χ2v) is 8.11. The fourth-order valence-electron chi connectivity index (χ4n) is 3.83. The van der Waals surface area contributed by atoms with E-state index in [1.165, 1.54) is 6.08 Å². The summed E-state index contributed by atoms with van der Waals surface area (Å²) in [6, 6.07) is 9.37. The normalized spacial score (nSPS) is 21.5. The van der Waals surface area contributed by atoms with E-state index in [2.05, 4.69) is 10.2 Å². The Balaban J connectivity index is 1.42. The molecule has 0 aliphatic carbocycles. The summed E-state index contributed by atoms with van der Waals surface area (Å²) < 4.78 is 1.89. The second-order valence-electron chi connectivity index (χ2n) is 6.75. The molecular formula is C19H19N3O2S2. The highest BCUT2D eigenvalue weighted by molar-refractivity contribution is 7.80. The zero-order chi connectivity index (χ0) is 18.1. The predicted octanol–water partition coefficient (Wildman–Crippen LogP) is 2.44. The van der Waals surface area contributed by atoms with Gasteiger partial charge in [0.1, 0.15) is 0 Å². The summed E-state index contributed by atoms with van der Waals surface area (Å²) in [6.45, 7) is 2.22. The third-order valence-corrected chi connectivity index (χ3v) is 6.14. The van der Waals surface area contributed by atoms with Crippen LogP contribution in [-0.4, -0.2) is 33.6 Å². The monoisotopic (exact) mass is 385 g/mol. The standard InChI is InChI=1S/C19H19N3O2S2/c23-17(7-6-15-3-2-8-26-15)20-19(25)21-10-13-9-14(12-21)16-4-1-5-18(24)22(16)11-13/h1-8,13-14H,9-12H2,(H,20,23,25)/b7-6+/t13-,14?/m0/s1. The molecule has 26 heavy (non-hydrogen) atoms. The van der Waals surface area contributed by atoms with E-state index in [9.17, 15) is 9.59 Å². The van der Waals surface area contributed by atoms with E-state index < -0.39 is 0 Å². The van der Waals surface area contributed by atoms with E-state index >= 15 is 0 Å². The van der Waals surface area contributed by atoms with Crippen LogP contribution in [0.1, 0.15) is 22.9 Å². The highest BCUT2D eigenvalue weighted by Gasteiger charge is 2.35. The maximum Gasteiger partial charge on any atom is 0.250 e. The van der Waals surface area contributed by atoms with Gasteiger partial charge in [-0.25, -0.2) is 0 Å². The quantitative estimate of drug-likeness (QED) is 0.637. The van der Waals surface area contributed by atoms with Crippen molar-refractivity contribution in [2.24, 2.45) is 5.92 Å². The molecule has 2 atom stereocenters. The minimum atomic E-state index is -0.212. The Morgan fingerprint density at radius 3 is 2.92 bits per heavy atom. The SMILES string of the molecule is O=C(/C=C/c1cccs1)NC(=S)N1CC2C[C@@H](C1)Cn1c2cccc1=O. The lowest BCUT2D eigenvalue weighted by Gasteiger charge is -2.43. The lowest BCUT2D eigenvalue weighted by atomic mass is 9.83. The average Bonchev–Trinajstić information content (AvgIpc) is 3.14. The van der Waals surface area contributed by atoms with Crippen LogP contribution < -0.4 is 10.9 Å². The van der Waals surface area contributed by atoms with Gasteiger partial charge in [-0.3, -0.25) is 14.9 Å². The summed E-state index contributed by atoms with van der Waals surface area (Å²) in [5.41, 5.74) is 1.14. The topological polar surface area (TPSA) is 54.3 Å². The zero-order valence-electron chi connectivity index (χ0n) is 14.1. The first-order chi connectivity index (χ1) is 12.6. The number of thiophene rings is 1. The van der Waals surface area contributed by atoms with Gasteiger partial charge in [0.25, 0.3) is 5.56 Å². The molecule has 0 aromatic carbocycles. The largest absolute Gasteiger partial charge is 0.348 e. The molecule has 1 fully saturated rings. The lowest BCUT2D eigenvalue weighted by Crippen LogP contribution is -2.52. The number of carbonyl (C=O) groups is 1. The van der Waals surface area contributed by atoms with Crippen molar-refractivity contribution >= 4 is 40.7 Å². The molecule has 4 rings (SSSR count). The first-order valence-electron chi connectivity index (χ1n) is 8.61. The van der Waals surface area contributed by atoms with Crippen molar-refractivity contribution < 1.29 is 4.79 Å². The molecule has 0 saturated carbocycles. The van der Waals surface area contributed by atoms with Gasteiger partial charge in [0.2, 0.25) is 5.91 Å². The smallest absolute Gasteiger partial charge is 0.250 e. The van der Waals surface area contributed by atoms with Crippen molar-refractivity contribution in [3.05, 3.63) is 62.7 Å². The van der Waals surface area contributed by atoms with Crippen molar-refractivity contribution in [1.82, 2.24) is 14.8 Å². The molecule has 1 unspecified atom stereocenters. The molecule has 0 spiro atoms. The van der Waals surface area contributed by atoms with Gasteiger partial charge < -0.3 is 9.47 Å². The van der Waals surface area contributed by atoms with Gasteiger partial charge >= 0.3 is 0 Å². The van der Waals surface area contributed by atoms with Crippen LogP contribution in [0, 0.1) is 5.92 Å². The fraction of sp³-hybridized carbons (Fsp3) is 0.316. The number of pyridine rings is 1. The maximum absolute atomic E-state index is 12.1. The predicted molar refractivity (Wildman–Crippen MR) is 107 cm³/mol. The number of nitrogens with zero attached hydrogens (tertiary/aromatic N) is 2. The number of amides is 1. The van der Waals surface area contributed by atoms with Gasteiger partial charge in [-0.2, -0.15) is 0 Å². The van der Waals surface area contributed by atoms with E-state index in [4.69, 9.17) is 12.2 Å². The van der Waals surface area contributed by atoms with Gasteiger partial charge in [-0.15, -0.1) is 11.3 Å². The summed E-state index contributed by atoms with van der Waals surface area (Å²) in [4.78, 5) is 27.3. The fourth-order valence-corrected chi connectivity index (χ4v) is 4.70. The summed E-state index contributed by atoms with van der Waals surface area (Å²) in [7, 11) is 0. The molecule has 5 nitrogen and oxygen atoms in total. The van der Waals surface area contributed by atoms with Crippen LogP contribution in [-0.2, 0) is 11.3 Å². The summed E-state index contributed by atoms with van der Waals surface area (Å²) in [5.74, 6) is 0.432. The van der Waals surface area contributed by atoms with Crippen molar-refractivity contribution in [1.29, 1.82) is 0 Å². The van der Waals surface area contributed by atoms with Crippen LogP contribution in [0.25, 0.3) is 6.08 Å². The zero-order valence-corrected chi connectivity index (χ0v) is 15.8. The van der Waals surface area contributed by atoms with E-state index in [0.29, 0.717) is 11.0 Å². The van der Waals surface area contributed by atoms with Gasteiger partial charge in [0.05, 0.1) is 0 Å². The number of nitrogens with one attached hydrogen (secondary N) is 1. The van der Waals surface area contributed by atoms with Gasteiger partial charge in [0.15, 0.2) is 5.11 Å². The Morgan fingerprint density at radius 2 is 2.12 bits per heavy atom. The van der Waals surface area contributed by atoms with Gasteiger partial charge in [-0.05, 0) is 48.1 Å². The van der Waals surface area contributed by atoms with Crippen LogP contribution >= 0.6 is 23.6 Å². The molecule has 7 heteroatoms. The first-order valence-corrected chi connectivity index (χ1v) is 9.90. The van der Waals surface area contributed by atoms with E-state index in [-0.39, 0.29) is 17.4 Å². The van der Waals surface area contributed by atoms with Crippen molar-refractivity contribution in [2.45, 2.75) is 18.9 Å². The van der Waals surface area contributed by atoms with Crippen LogP contribution in [0.3, 0.4) is 0 Å².